The van der Waals surface area contributed by atoms with Crippen LogP contribution in [0.25, 0.3) is 0 Å². The molecule has 2 aromatic carbocycles. The Hall–Kier alpha value is -3.84. The van der Waals surface area contributed by atoms with Gasteiger partial charge in [-0.05, 0) is 36.8 Å². The molecule has 258 valence electrons. The van der Waals surface area contributed by atoms with Crippen LogP contribution in [0.4, 0.5) is 0 Å². The molecule has 0 unspecified atom stereocenters. The van der Waals surface area contributed by atoms with Crippen molar-refractivity contribution < 1.29 is 47.6 Å². The van der Waals surface area contributed by atoms with Crippen molar-refractivity contribution in [3.8, 4) is 0 Å². The lowest BCUT2D eigenvalue weighted by Gasteiger charge is -2.32. The van der Waals surface area contributed by atoms with E-state index < -0.39 is 66.0 Å². The maximum atomic E-state index is 14.0. The van der Waals surface area contributed by atoms with Crippen molar-refractivity contribution in [1.82, 2.24) is 10.6 Å². The van der Waals surface area contributed by atoms with E-state index in [9.17, 15) is 19.2 Å². The highest BCUT2D eigenvalue weighted by molar-refractivity contribution is 5.89. The smallest absolute Gasteiger partial charge is 0.328 e. The molecule has 1 heterocycles. The van der Waals surface area contributed by atoms with Crippen LogP contribution in [0.3, 0.4) is 0 Å². The Morgan fingerprint density at radius 2 is 1.00 bits per heavy atom. The topological polar surface area (TPSA) is 148 Å². The molecule has 0 saturated carbocycles. The van der Waals surface area contributed by atoms with Crippen LogP contribution >= 0.6 is 0 Å². The van der Waals surface area contributed by atoms with Gasteiger partial charge in [-0.3, -0.25) is 9.59 Å². The van der Waals surface area contributed by atoms with E-state index in [1.54, 1.807) is 41.5 Å². The number of carbonyl (C=O) groups excluding carboxylic acids is 4. The van der Waals surface area contributed by atoms with Gasteiger partial charge in [0.1, 0.15) is 24.3 Å². The molecular formula is C35H48N2O10. The minimum absolute atomic E-state index is 0.00993. The van der Waals surface area contributed by atoms with E-state index in [-0.39, 0.29) is 25.0 Å². The van der Waals surface area contributed by atoms with Gasteiger partial charge in [-0.2, -0.15) is 0 Å². The summed E-state index contributed by atoms with van der Waals surface area (Å²) in [6.07, 6.45) is -5.13. The molecule has 12 heteroatoms. The predicted molar refractivity (Wildman–Crippen MR) is 171 cm³/mol. The molecule has 1 aliphatic heterocycles. The summed E-state index contributed by atoms with van der Waals surface area (Å²) in [6.45, 7) is 10.4. The molecule has 0 radical (unpaired) electrons. The molecule has 47 heavy (non-hydrogen) atoms. The van der Waals surface area contributed by atoms with Crippen molar-refractivity contribution in [2.24, 2.45) is 11.8 Å². The van der Waals surface area contributed by atoms with E-state index in [4.69, 9.17) is 28.4 Å². The molecule has 3 rings (SSSR count). The second-order valence-electron chi connectivity index (χ2n) is 12.5. The molecule has 1 saturated heterocycles. The van der Waals surface area contributed by atoms with Crippen molar-refractivity contribution in [3.05, 3.63) is 71.8 Å². The number of carbonyl (C=O) groups is 4. The zero-order valence-corrected chi connectivity index (χ0v) is 28.4. The summed E-state index contributed by atoms with van der Waals surface area (Å²) in [7, 11) is 2.48. The van der Waals surface area contributed by atoms with Crippen molar-refractivity contribution >= 4 is 23.8 Å². The third kappa shape index (κ3) is 10.6. The number of benzene rings is 2. The number of methoxy groups -OCH3 is 2. The van der Waals surface area contributed by atoms with E-state index in [0.29, 0.717) is 0 Å². The van der Waals surface area contributed by atoms with Crippen molar-refractivity contribution in [3.63, 3.8) is 0 Å². The molecule has 1 fully saturated rings. The van der Waals surface area contributed by atoms with Gasteiger partial charge in [-0.1, -0.05) is 88.4 Å². The molecule has 0 spiro atoms. The number of amides is 2. The summed E-state index contributed by atoms with van der Waals surface area (Å²) < 4.78 is 34.9. The van der Waals surface area contributed by atoms with Crippen LogP contribution in [-0.4, -0.2) is 80.3 Å². The Morgan fingerprint density at radius 3 is 1.30 bits per heavy atom. The Bertz CT molecular complexity index is 1220. The highest BCUT2D eigenvalue weighted by Crippen LogP contribution is 2.35. The lowest BCUT2D eigenvalue weighted by Crippen LogP contribution is -2.58. The standard InChI is InChI=1S/C35H48N2O10/c1-21(2)25(33(40)42-7)36-31(38)29(44-19-23-15-11-9-12-16-23)27-28(47-35(5,6)46-27)30(45-20-24-17-13-10-14-18-24)32(39)37-26(22(3)4)34(41)43-8/h9-18,21-22,25-30H,19-20H2,1-8H3,(H,36,38)(H,37,39)/t25-,26-,27+,28+,29+,30+/m0/s1. The SMILES string of the molecule is COC(=O)[C@@H](NC(=O)[C@H](OCc1ccccc1)[C@@H]1OC(C)(C)O[C@H]1[C@@H](OCc1ccccc1)C(=O)N[C@H](C(=O)OC)C(C)C)C(C)C. The maximum Gasteiger partial charge on any atom is 0.328 e. The third-order valence-electron chi connectivity index (χ3n) is 7.66. The highest BCUT2D eigenvalue weighted by Gasteiger charge is 2.54. The largest absolute Gasteiger partial charge is 0.467 e. The zero-order valence-electron chi connectivity index (χ0n) is 28.4. The first-order valence-electron chi connectivity index (χ1n) is 15.7. The van der Waals surface area contributed by atoms with Crippen LogP contribution < -0.4 is 10.6 Å². The number of nitrogens with one attached hydrogen (secondary N) is 2. The second kappa shape index (κ2) is 17.4. The van der Waals surface area contributed by atoms with E-state index in [0.717, 1.165) is 11.1 Å². The number of esters is 2. The fourth-order valence-corrected chi connectivity index (χ4v) is 5.17. The summed E-state index contributed by atoms with van der Waals surface area (Å²) in [4.78, 5) is 53.2. The van der Waals surface area contributed by atoms with E-state index in [2.05, 4.69) is 10.6 Å². The molecule has 6 atom stereocenters. The molecule has 2 aromatic rings. The quantitative estimate of drug-likeness (QED) is 0.258. The van der Waals surface area contributed by atoms with Crippen LogP contribution in [0.1, 0.15) is 52.7 Å². The van der Waals surface area contributed by atoms with Crippen LogP contribution in [-0.2, 0) is 60.8 Å². The Labute approximate surface area is 276 Å². The lowest BCUT2D eigenvalue weighted by atomic mass is 9.98. The van der Waals surface area contributed by atoms with Gasteiger partial charge < -0.3 is 39.1 Å². The van der Waals surface area contributed by atoms with Crippen LogP contribution in [0.2, 0.25) is 0 Å². The summed E-state index contributed by atoms with van der Waals surface area (Å²) in [6, 6.07) is 16.5. The second-order valence-corrected chi connectivity index (χ2v) is 12.5. The Balaban J connectivity index is 2.04. The summed E-state index contributed by atoms with van der Waals surface area (Å²) in [5.74, 6) is -4.49. The Kier molecular flexibility index (Phi) is 13.9. The highest BCUT2D eigenvalue weighted by atomic mass is 16.8. The van der Waals surface area contributed by atoms with Gasteiger partial charge in [0.25, 0.3) is 11.8 Å². The number of hydrogen-bond donors (Lipinski definition) is 2. The molecule has 0 aromatic heterocycles. The van der Waals surface area contributed by atoms with Gasteiger partial charge in [-0.25, -0.2) is 9.59 Å². The fraction of sp³-hybridized carbons (Fsp3) is 0.543. The number of rotatable bonds is 16. The third-order valence-corrected chi connectivity index (χ3v) is 7.66. The minimum atomic E-state index is -1.37. The maximum absolute atomic E-state index is 14.0. The predicted octanol–water partition coefficient (Wildman–Crippen LogP) is 3.30. The van der Waals surface area contributed by atoms with Crippen molar-refractivity contribution in [1.29, 1.82) is 0 Å². The molecule has 2 amide bonds. The fourth-order valence-electron chi connectivity index (χ4n) is 5.17. The van der Waals surface area contributed by atoms with Gasteiger partial charge in [0, 0.05) is 0 Å². The molecule has 0 aliphatic carbocycles. The minimum Gasteiger partial charge on any atom is -0.467 e. The average molecular weight is 657 g/mol. The number of hydrogen-bond acceptors (Lipinski definition) is 10. The van der Waals surface area contributed by atoms with Gasteiger partial charge in [0.05, 0.1) is 27.4 Å². The van der Waals surface area contributed by atoms with Crippen LogP contribution in [0.15, 0.2) is 60.7 Å². The van der Waals surface area contributed by atoms with Crippen molar-refractivity contribution in [2.45, 2.75) is 97.0 Å². The zero-order chi connectivity index (χ0) is 34.7. The summed E-state index contributed by atoms with van der Waals surface area (Å²) in [5.41, 5.74) is 1.56. The molecule has 2 N–H and O–H groups in total. The first kappa shape index (κ1) is 37.6. The van der Waals surface area contributed by atoms with Gasteiger partial charge >= 0.3 is 11.9 Å². The molecular weight excluding hydrogens is 608 g/mol. The van der Waals surface area contributed by atoms with E-state index in [1.807, 2.05) is 60.7 Å². The van der Waals surface area contributed by atoms with Crippen molar-refractivity contribution in [2.75, 3.05) is 14.2 Å². The molecule has 0 bridgehead atoms. The Morgan fingerprint density at radius 1 is 0.660 bits per heavy atom. The van der Waals surface area contributed by atoms with Gasteiger partial charge in [0.15, 0.2) is 18.0 Å². The number of ether oxygens (including phenoxy) is 6. The van der Waals surface area contributed by atoms with E-state index >= 15 is 0 Å². The molecule has 12 nitrogen and oxygen atoms in total. The first-order chi connectivity index (χ1) is 22.3. The summed E-state index contributed by atoms with van der Waals surface area (Å²) in [5, 5.41) is 5.49. The van der Waals surface area contributed by atoms with E-state index in [1.165, 1.54) is 14.2 Å². The van der Waals surface area contributed by atoms with Crippen LogP contribution in [0, 0.1) is 11.8 Å². The van der Waals surface area contributed by atoms with Crippen LogP contribution in [0.5, 0.6) is 0 Å². The monoisotopic (exact) mass is 656 g/mol. The summed E-state index contributed by atoms with van der Waals surface area (Å²) >= 11 is 0. The average Bonchev–Trinajstić information content (AvgIpc) is 3.36. The first-order valence-corrected chi connectivity index (χ1v) is 15.7. The van der Waals surface area contributed by atoms with Gasteiger partial charge in [-0.15, -0.1) is 0 Å². The molecule has 1 aliphatic rings. The lowest BCUT2D eigenvalue weighted by molar-refractivity contribution is -0.172. The normalized spacial score (nSPS) is 19.8. The van der Waals surface area contributed by atoms with Gasteiger partial charge in [0.2, 0.25) is 0 Å².